The van der Waals surface area contributed by atoms with Crippen molar-refractivity contribution in [2.45, 2.75) is 2.80 Å². The molecule has 0 atom stereocenters. The number of rotatable bonds is 2. The Bertz CT molecular complexity index is 93.0. The maximum atomic E-state index is 2.51. The lowest BCUT2D eigenvalue weighted by Crippen LogP contribution is -2.28. The van der Waals surface area contributed by atoms with E-state index in [-0.39, 0.29) is 0 Å². The average Bonchev–Trinajstić information content (AvgIpc) is 1.59. The van der Waals surface area contributed by atoms with E-state index in [0.717, 1.165) is 0 Å². The molecular formula is C3HI7. The molecule has 0 nitrogen and oxygen atoms in total. The molecule has 7 heteroatoms. The highest BCUT2D eigenvalue weighted by molar-refractivity contribution is 14.3. The fraction of sp³-hybridized carbons (Fsp3) is 1.00. The van der Waals surface area contributed by atoms with Crippen LogP contribution in [0.4, 0.5) is 0 Å². The Kier molecular flexibility index (Phi) is 9.06. The molecule has 0 aliphatic rings. The van der Waals surface area contributed by atoms with E-state index in [1.54, 1.807) is 0 Å². The zero-order valence-electron chi connectivity index (χ0n) is 4.22. The molecule has 0 aliphatic carbocycles. The highest BCUT2D eigenvalue weighted by Crippen LogP contribution is 2.55. The van der Waals surface area contributed by atoms with Crippen LogP contribution < -0.4 is 0 Å². The summed E-state index contributed by atoms with van der Waals surface area (Å²) in [6.07, 6.45) is 0. The van der Waals surface area contributed by atoms with Gasteiger partial charge in [0.1, 0.15) is -1.13 Å². The molecule has 0 amide bonds. The van der Waals surface area contributed by atoms with E-state index in [9.17, 15) is 0 Å². The molecule has 0 aromatic carbocycles. The molecule has 0 saturated carbocycles. The van der Waals surface area contributed by atoms with Gasteiger partial charge in [-0.3, -0.25) is 0 Å². The molecule has 0 spiro atoms. The Morgan fingerprint density at radius 3 is 0.900 bits per heavy atom. The van der Waals surface area contributed by atoms with Crippen molar-refractivity contribution in [3.8, 4) is 0 Å². The second kappa shape index (κ2) is 6.00. The largest absolute Gasteiger partial charge is 0.138 e. The van der Waals surface area contributed by atoms with E-state index >= 15 is 0 Å². The lowest BCUT2D eigenvalue weighted by Gasteiger charge is -2.27. The van der Waals surface area contributed by atoms with Gasteiger partial charge in [0.2, 0.25) is 0 Å². The van der Waals surface area contributed by atoms with Gasteiger partial charge in [-0.25, -0.2) is 0 Å². The van der Waals surface area contributed by atoms with Gasteiger partial charge in [-0.15, -0.1) is 0 Å². The minimum atomic E-state index is 0.317. The van der Waals surface area contributed by atoms with Crippen molar-refractivity contribution in [2.24, 2.45) is 0 Å². The molecule has 0 aliphatic heterocycles. The fourth-order valence-electron chi connectivity index (χ4n) is 0.186. The van der Waals surface area contributed by atoms with E-state index in [4.69, 9.17) is 0 Å². The van der Waals surface area contributed by atoms with Crippen LogP contribution in [0.15, 0.2) is 0 Å². The predicted molar refractivity (Wildman–Crippen MR) is 107 cm³/mol. The number of hydrogen-bond donors (Lipinski definition) is 0. The molecule has 0 bridgehead atoms. The molecule has 0 heterocycles. The number of alkyl halides is 7. The third-order valence-corrected chi connectivity index (χ3v) is 13.3. The first kappa shape index (κ1) is 15.1. The van der Waals surface area contributed by atoms with Crippen molar-refractivity contribution in [2.75, 3.05) is 0 Å². The van der Waals surface area contributed by atoms with Crippen LogP contribution in [0.3, 0.4) is 0 Å². The van der Waals surface area contributed by atoms with Gasteiger partial charge < -0.3 is 0 Å². The van der Waals surface area contributed by atoms with Crippen LogP contribution in [0.1, 0.15) is 0 Å². The van der Waals surface area contributed by atoms with Crippen LogP contribution in [0, 0.1) is 0 Å². The summed E-state index contributed by atoms with van der Waals surface area (Å²) in [5.41, 5.74) is 0. The molecule has 0 aromatic rings. The van der Waals surface area contributed by atoms with Crippen molar-refractivity contribution >= 4 is 158 Å². The second-order valence-corrected chi connectivity index (χ2v) is 25.3. The minimum absolute atomic E-state index is 0.317. The Morgan fingerprint density at radius 1 is 0.700 bits per heavy atom. The van der Waals surface area contributed by atoms with E-state index in [1.807, 2.05) is 0 Å². The minimum Gasteiger partial charge on any atom is -0.0762 e. The first-order valence-electron chi connectivity index (χ1n) is 1.93. The Hall–Kier alpha value is 5.11. The van der Waals surface area contributed by atoms with Crippen LogP contribution >= 0.6 is 158 Å². The fourth-order valence-corrected chi connectivity index (χ4v) is 8.35. The second-order valence-electron chi connectivity index (χ2n) is 1.45. The van der Waals surface area contributed by atoms with E-state index in [1.165, 1.54) is 0 Å². The molecule has 10 heavy (non-hydrogen) atoms. The standard InChI is InChI=1S/C3HI7/c4-1(2(5,6)7)3(8,9)10/h1H. The molecule has 0 fully saturated rings. The van der Waals surface area contributed by atoms with E-state index < -0.39 is 0 Å². The zero-order chi connectivity index (χ0) is 8.58. The van der Waals surface area contributed by atoms with Crippen LogP contribution in [-0.4, -0.2) is 2.80 Å². The zero-order valence-corrected chi connectivity index (χ0v) is 19.3. The maximum absolute atomic E-state index is 2.51. The number of halogens is 7. The lowest BCUT2D eigenvalue weighted by atomic mass is 10.6. The molecule has 0 N–H and O–H groups in total. The van der Waals surface area contributed by atoms with Crippen molar-refractivity contribution in [1.82, 2.24) is 0 Å². The van der Waals surface area contributed by atoms with Crippen LogP contribution in [0.25, 0.3) is 0 Å². The van der Waals surface area contributed by atoms with Crippen LogP contribution in [-0.2, 0) is 0 Å². The summed E-state index contributed by atoms with van der Waals surface area (Å²) in [5, 5.41) is 0. The SMILES string of the molecule is IC(C(I)(I)I)C(I)(I)I. The first-order chi connectivity index (χ1) is 4.15. The third-order valence-electron chi connectivity index (χ3n) is 0.575. The summed E-state index contributed by atoms with van der Waals surface area (Å²) < 4.78 is 1.29. The Balaban J connectivity index is 4.23. The monoisotopic (exact) mass is 925 g/mol. The van der Waals surface area contributed by atoms with Gasteiger partial charge in [0, 0.05) is 0 Å². The van der Waals surface area contributed by atoms with Crippen molar-refractivity contribution in [3.63, 3.8) is 0 Å². The summed E-state index contributed by atoms with van der Waals surface area (Å²) in [6, 6.07) is 0. The summed E-state index contributed by atoms with van der Waals surface area (Å²) in [6.45, 7) is 0. The average molecular weight is 925 g/mol. The Labute approximate surface area is 156 Å². The highest BCUT2D eigenvalue weighted by Gasteiger charge is 2.41. The number of hydrogen-bond acceptors (Lipinski definition) is 0. The highest BCUT2D eigenvalue weighted by atomic mass is 127. The van der Waals surface area contributed by atoms with Gasteiger partial charge in [-0.1, -0.05) is 158 Å². The van der Waals surface area contributed by atoms with Crippen molar-refractivity contribution < 1.29 is 0 Å². The third kappa shape index (κ3) is 6.57. The van der Waals surface area contributed by atoms with Gasteiger partial charge in [0.15, 0.2) is 0 Å². The van der Waals surface area contributed by atoms with Gasteiger partial charge in [-0.2, -0.15) is 0 Å². The summed E-state index contributed by atoms with van der Waals surface area (Å²) >= 11 is 17.4. The quantitative estimate of drug-likeness (QED) is 0.247. The molecule has 62 valence electrons. The summed E-state index contributed by atoms with van der Waals surface area (Å²) in [4.78, 5) is 0. The lowest BCUT2D eigenvalue weighted by molar-refractivity contribution is 1.16. The van der Waals surface area contributed by atoms with Gasteiger partial charge in [0.05, 0.1) is 3.92 Å². The molecule has 0 unspecified atom stereocenters. The maximum Gasteiger partial charge on any atom is 0.138 e. The predicted octanol–water partition coefficient (Wildman–Crippen LogP) is 5.71. The van der Waals surface area contributed by atoms with E-state index in [0.29, 0.717) is 2.80 Å². The van der Waals surface area contributed by atoms with Crippen molar-refractivity contribution in [3.05, 3.63) is 0 Å². The Morgan fingerprint density at radius 2 is 0.900 bits per heavy atom. The molecule has 0 saturated heterocycles. The van der Waals surface area contributed by atoms with Gasteiger partial charge in [0.25, 0.3) is 0 Å². The molecule has 0 aromatic heterocycles. The van der Waals surface area contributed by atoms with Gasteiger partial charge >= 0.3 is 0 Å². The van der Waals surface area contributed by atoms with Crippen LogP contribution in [0.2, 0.25) is 0 Å². The molecule has 0 radical (unpaired) electrons. The van der Waals surface area contributed by atoms with Crippen LogP contribution in [0.5, 0.6) is 0 Å². The molecular weight excluding hydrogens is 924 g/mol. The van der Waals surface area contributed by atoms with Crippen molar-refractivity contribution in [1.29, 1.82) is 0 Å². The van der Waals surface area contributed by atoms with Gasteiger partial charge in [-0.05, 0) is 0 Å². The van der Waals surface area contributed by atoms with E-state index in [2.05, 4.69) is 158 Å². The smallest absolute Gasteiger partial charge is 0.0762 e. The topological polar surface area (TPSA) is 0 Å². The first-order valence-corrected chi connectivity index (χ1v) is 9.65. The normalized spacial score (nSPS) is 14.4. The summed E-state index contributed by atoms with van der Waals surface area (Å²) in [5.74, 6) is 0. The molecule has 0 rings (SSSR count). The summed E-state index contributed by atoms with van der Waals surface area (Å²) in [7, 11) is 0.